The molecule has 0 aliphatic rings. The third kappa shape index (κ3) is 4.97. The van der Waals surface area contributed by atoms with Gasteiger partial charge >= 0.3 is 0 Å². The minimum absolute atomic E-state index is 0.688. The highest BCUT2D eigenvalue weighted by molar-refractivity contribution is 9.10. The number of benzene rings is 1. The fourth-order valence-electron chi connectivity index (χ4n) is 1.69. The lowest BCUT2D eigenvalue weighted by atomic mass is 10.3. The largest absolute Gasteiger partial charge is 0.492 e. The van der Waals surface area contributed by atoms with Gasteiger partial charge in [-0.25, -0.2) is 0 Å². The van der Waals surface area contributed by atoms with Crippen LogP contribution in [0.25, 0.3) is 0 Å². The third-order valence-electron chi connectivity index (χ3n) is 2.73. The first-order chi connectivity index (χ1) is 9.28. The van der Waals surface area contributed by atoms with Gasteiger partial charge in [0, 0.05) is 27.3 Å². The van der Waals surface area contributed by atoms with Gasteiger partial charge in [-0.15, -0.1) is 11.3 Å². The van der Waals surface area contributed by atoms with Crippen molar-refractivity contribution >= 4 is 27.3 Å². The number of nitrogens with one attached hydrogen (secondary N) is 1. The molecule has 19 heavy (non-hydrogen) atoms. The van der Waals surface area contributed by atoms with Gasteiger partial charge in [0.1, 0.15) is 12.4 Å². The third-order valence-corrected chi connectivity index (χ3v) is 4.48. The molecule has 0 spiro atoms. The van der Waals surface area contributed by atoms with Crippen molar-refractivity contribution in [2.24, 2.45) is 0 Å². The highest BCUT2D eigenvalue weighted by Crippen LogP contribution is 2.17. The summed E-state index contributed by atoms with van der Waals surface area (Å²) in [6.45, 7) is 4.66. The molecule has 1 aromatic carbocycles. The van der Waals surface area contributed by atoms with E-state index in [4.69, 9.17) is 4.74 Å². The van der Waals surface area contributed by atoms with Gasteiger partial charge in [0.2, 0.25) is 0 Å². The summed E-state index contributed by atoms with van der Waals surface area (Å²) in [4.78, 5) is 2.84. The zero-order valence-electron chi connectivity index (χ0n) is 11.0. The molecule has 1 heterocycles. The lowest BCUT2D eigenvalue weighted by Gasteiger charge is -2.07. The Balaban J connectivity index is 1.63. The van der Waals surface area contributed by atoms with Gasteiger partial charge in [0.15, 0.2) is 0 Å². The zero-order chi connectivity index (χ0) is 13.5. The quantitative estimate of drug-likeness (QED) is 0.761. The summed E-state index contributed by atoms with van der Waals surface area (Å²) in [7, 11) is 0. The van der Waals surface area contributed by atoms with Gasteiger partial charge in [0.25, 0.3) is 0 Å². The minimum atomic E-state index is 0.688. The number of halogens is 1. The Morgan fingerprint density at radius 1 is 1.11 bits per heavy atom. The standard InChI is InChI=1S/C15H18BrNOS/c1-2-14-7-8-15(19-14)11-17-9-10-18-13-5-3-12(16)4-6-13/h3-8,17H,2,9-11H2,1H3. The predicted molar refractivity (Wildman–Crippen MR) is 85.0 cm³/mol. The van der Waals surface area contributed by atoms with Crippen LogP contribution in [0.3, 0.4) is 0 Å². The molecule has 0 atom stereocenters. The number of aryl methyl sites for hydroxylation is 1. The van der Waals surface area contributed by atoms with Crippen molar-refractivity contribution in [2.75, 3.05) is 13.2 Å². The highest BCUT2D eigenvalue weighted by atomic mass is 79.9. The Bertz CT molecular complexity index is 495. The molecule has 0 unspecified atom stereocenters. The van der Waals surface area contributed by atoms with E-state index < -0.39 is 0 Å². The summed E-state index contributed by atoms with van der Waals surface area (Å²) >= 11 is 5.29. The SMILES string of the molecule is CCc1ccc(CNCCOc2ccc(Br)cc2)s1. The van der Waals surface area contributed by atoms with E-state index in [0.717, 1.165) is 29.7 Å². The number of ether oxygens (including phenoxy) is 1. The predicted octanol–water partition coefficient (Wildman–Crippen LogP) is 4.24. The van der Waals surface area contributed by atoms with Crippen LogP contribution in [0.2, 0.25) is 0 Å². The van der Waals surface area contributed by atoms with Gasteiger partial charge in [-0.3, -0.25) is 0 Å². The van der Waals surface area contributed by atoms with Crippen LogP contribution in [0.4, 0.5) is 0 Å². The summed E-state index contributed by atoms with van der Waals surface area (Å²) in [6.07, 6.45) is 1.12. The average Bonchev–Trinajstić information content (AvgIpc) is 2.88. The lowest BCUT2D eigenvalue weighted by Crippen LogP contribution is -2.20. The van der Waals surface area contributed by atoms with Crippen molar-refractivity contribution < 1.29 is 4.74 Å². The van der Waals surface area contributed by atoms with E-state index in [9.17, 15) is 0 Å². The van der Waals surface area contributed by atoms with E-state index in [1.54, 1.807) is 0 Å². The zero-order valence-corrected chi connectivity index (χ0v) is 13.4. The van der Waals surface area contributed by atoms with Gasteiger partial charge < -0.3 is 10.1 Å². The Hall–Kier alpha value is -0.840. The second-order valence-electron chi connectivity index (χ2n) is 4.20. The molecule has 0 saturated heterocycles. The van der Waals surface area contributed by atoms with E-state index in [-0.39, 0.29) is 0 Å². The van der Waals surface area contributed by atoms with Crippen LogP contribution >= 0.6 is 27.3 Å². The van der Waals surface area contributed by atoms with E-state index in [1.807, 2.05) is 35.6 Å². The van der Waals surface area contributed by atoms with E-state index in [2.05, 4.69) is 40.3 Å². The smallest absolute Gasteiger partial charge is 0.119 e. The molecule has 102 valence electrons. The molecule has 0 aliphatic heterocycles. The summed E-state index contributed by atoms with van der Waals surface area (Å²) < 4.78 is 6.72. The monoisotopic (exact) mass is 339 g/mol. The maximum absolute atomic E-state index is 5.65. The Morgan fingerprint density at radius 2 is 1.84 bits per heavy atom. The van der Waals surface area contributed by atoms with Crippen molar-refractivity contribution in [2.45, 2.75) is 19.9 Å². The first-order valence-electron chi connectivity index (χ1n) is 6.44. The van der Waals surface area contributed by atoms with Crippen LogP contribution in [-0.4, -0.2) is 13.2 Å². The normalized spacial score (nSPS) is 10.6. The fraction of sp³-hybridized carbons (Fsp3) is 0.333. The van der Waals surface area contributed by atoms with Gasteiger partial charge in [-0.1, -0.05) is 22.9 Å². The van der Waals surface area contributed by atoms with Crippen LogP contribution < -0.4 is 10.1 Å². The van der Waals surface area contributed by atoms with Crippen LogP contribution in [-0.2, 0) is 13.0 Å². The molecule has 2 rings (SSSR count). The lowest BCUT2D eigenvalue weighted by molar-refractivity contribution is 0.314. The second kappa shape index (κ2) is 7.68. The van der Waals surface area contributed by atoms with Crippen LogP contribution in [0.1, 0.15) is 16.7 Å². The van der Waals surface area contributed by atoms with E-state index >= 15 is 0 Å². The summed E-state index contributed by atoms with van der Waals surface area (Å²) in [5.74, 6) is 0.911. The van der Waals surface area contributed by atoms with Crippen LogP contribution in [0.5, 0.6) is 5.75 Å². The van der Waals surface area contributed by atoms with Crippen molar-refractivity contribution in [1.82, 2.24) is 5.32 Å². The molecule has 0 saturated carbocycles. The number of rotatable bonds is 7. The maximum atomic E-state index is 5.65. The Morgan fingerprint density at radius 3 is 2.53 bits per heavy atom. The second-order valence-corrected chi connectivity index (χ2v) is 6.37. The number of hydrogen-bond acceptors (Lipinski definition) is 3. The molecule has 2 aromatic rings. The Labute approximate surface area is 126 Å². The van der Waals surface area contributed by atoms with Crippen molar-refractivity contribution in [3.8, 4) is 5.75 Å². The molecule has 4 heteroatoms. The van der Waals surface area contributed by atoms with E-state index in [0.29, 0.717) is 6.61 Å². The maximum Gasteiger partial charge on any atom is 0.119 e. The van der Waals surface area contributed by atoms with Crippen molar-refractivity contribution in [1.29, 1.82) is 0 Å². The summed E-state index contributed by atoms with van der Waals surface area (Å²) in [5.41, 5.74) is 0. The number of thiophene rings is 1. The van der Waals surface area contributed by atoms with E-state index in [1.165, 1.54) is 9.75 Å². The van der Waals surface area contributed by atoms with Crippen LogP contribution in [0, 0.1) is 0 Å². The first-order valence-corrected chi connectivity index (χ1v) is 8.05. The fourth-order valence-corrected chi connectivity index (χ4v) is 2.88. The highest BCUT2D eigenvalue weighted by Gasteiger charge is 1.98. The molecular weight excluding hydrogens is 322 g/mol. The van der Waals surface area contributed by atoms with Crippen molar-refractivity contribution in [3.05, 3.63) is 50.6 Å². The molecule has 0 amide bonds. The first kappa shape index (κ1) is 14.6. The molecule has 0 fully saturated rings. The molecular formula is C15H18BrNOS. The molecule has 1 aromatic heterocycles. The molecule has 0 radical (unpaired) electrons. The molecule has 1 N–H and O–H groups in total. The average molecular weight is 340 g/mol. The van der Waals surface area contributed by atoms with Gasteiger partial charge in [0.05, 0.1) is 0 Å². The van der Waals surface area contributed by atoms with Crippen LogP contribution in [0.15, 0.2) is 40.9 Å². The summed E-state index contributed by atoms with van der Waals surface area (Å²) in [6, 6.07) is 12.3. The molecule has 0 aliphatic carbocycles. The Kier molecular flexibility index (Phi) is 5.89. The molecule has 2 nitrogen and oxygen atoms in total. The van der Waals surface area contributed by atoms with Gasteiger partial charge in [-0.2, -0.15) is 0 Å². The minimum Gasteiger partial charge on any atom is -0.492 e. The topological polar surface area (TPSA) is 21.3 Å². The molecule has 0 bridgehead atoms. The van der Waals surface area contributed by atoms with Gasteiger partial charge in [-0.05, 0) is 42.8 Å². The van der Waals surface area contributed by atoms with Crippen molar-refractivity contribution in [3.63, 3.8) is 0 Å². The summed E-state index contributed by atoms with van der Waals surface area (Å²) in [5, 5.41) is 3.40. The number of hydrogen-bond donors (Lipinski definition) is 1.